The predicted molar refractivity (Wildman–Crippen MR) is 105 cm³/mol. The van der Waals surface area contributed by atoms with Gasteiger partial charge in [0.15, 0.2) is 0 Å². The minimum absolute atomic E-state index is 0.0969. The average Bonchev–Trinajstić information content (AvgIpc) is 3.00. The molecule has 5 nitrogen and oxygen atoms in total. The fourth-order valence-electron chi connectivity index (χ4n) is 3.20. The lowest BCUT2D eigenvalue weighted by atomic mass is 9.89. The van der Waals surface area contributed by atoms with Gasteiger partial charge in [-0.2, -0.15) is 0 Å². The van der Waals surface area contributed by atoms with E-state index in [-0.39, 0.29) is 30.4 Å². The topological polar surface area (TPSA) is 66.8 Å². The number of rotatable bonds is 9. The Morgan fingerprint density at radius 2 is 2.07 bits per heavy atom. The van der Waals surface area contributed by atoms with Crippen molar-refractivity contribution in [2.75, 3.05) is 6.61 Å². The summed E-state index contributed by atoms with van der Waals surface area (Å²) in [6, 6.07) is 9.45. The minimum Gasteiger partial charge on any atom is -0.447 e. The number of aliphatic hydroxyl groups is 1. The molecule has 146 valence electrons. The second-order valence-electron chi connectivity index (χ2n) is 7.24. The van der Waals surface area contributed by atoms with E-state index in [1.54, 1.807) is 12.2 Å². The highest BCUT2D eigenvalue weighted by Crippen LogP contribution is 2.21. The van der Waals surface area contributed by atoms with Crippen molar-refractivity contribution in [2.45, 2.75) is 45.3 Å². The lowest BCUT2D eigenvalue weighted by molar-refractivity contribution is -0.124. The van der Waals surface area contributed by atoms with E-state index in [0.717, 1.165) is 5.56 Å². The molecule has 1 saturated heterocycles. The maximum Gasteiger partial charge on any atom is 0.417 e. The summed E-state index contributed by atoms with van der Waals surface area (Å²) >= 11 is 0. The number of nitrogens with zero attached hydrogens (tertiary/aromatic N) is 1. The van der Waals surface area contributed by atoms with Crippen molar-refractivity contribution < 1.29 is 19.4 Å². The molecule has 1 aromatic rings. The third kappa shape index (κ3) is 6.07. The number of cyclic esters (lactones) is 1. The molecule has 5 heteroatoms. The van der Waals surface area contributed by atoms with Crippen LogP contribution in [0.3, 0.4) is 0 Å². The van der Waals surface area contributed by atoms with Crippen LogP contribution in [-0.2, 0) is 16.0 Å². The second kappa shape index (κ2) is 10.1. The number of aliphatic hydroxyl groups excluding tert-OH is 1. The number of benzene rings is 1. The fraction of sp³-hybridized carbons (Fsp3) is 0.455. The predicted octanol–water partition coefficient (Wildman–Crippen LogP) is 3.73. The fourth-order valence-corrected chi connectivity index (χ4v) is 3.20. The molecule has 4 atom stereocenters. The van der Waals surface area contributed by atoms with Crippen LogP contribution in [-0.4, -0.2) is 40.8 Å². The zero-order valence-electron chi connectivity index (χ0n) is 16.1. The highest BCUT2D eigenvalue weighted by Gasteiger charge is 2.36. The molecule has 1 fully saturated rings. The monoisotopic (exact) mass is 371 g/mol. The Labute approximate surface area is 161 Å². The van der Waals surface area contributed by atoms with Crippen LogP contribution < -0.4 is 0 Å². The van der Waals surface area contributed by atoms with Crippen molar-refractivity contribution in [3.8, 4) is 0 Å². The molecule has 2 rings (SSSR count). The highest BCUT2D eigenvalue weighted by molar-refractivity contribution is 5.99. The Balaban J connectivity index is 1.96. The molecule has 1 aromatic carbocycles. The van der Waals surface area contributed by atoms with Gasteiger partial charge in [-0.1, -0.05) is 56.3 Å². The molecule has 1 heterocycles. The normalized spacial score (nSPS) is 20.3. The van der Waals surface area contributed by atoms with Gasteiger partial charge in [0.25, 0.3) is 5.91 Å². The van der Waals surface area contributed by atoms with E-state index < -0.39 is 12.2 Å². The van der Waals surface area contributed by atoms with Gasteiger partial charge in [-0.25, -0.2) is 9.69 Å². The number of carbonyl (C=O) groups excluding carboxylic acids is 2. The Morgan fingerprint density at radius 3 is 2.74 bits per heavy atom. The number of hydrogen-bond acceptors (Lipinski definition) is 4. The molecular formula is C22H29NO4. The number of carbonyl (C=O) groups is 2. The van der Waals surface area contributed by atoms with Gasteiger partial charge in [-0.05, 0) is 42.7 Å². The molecule has 1 aliphatic heterocycles. The number of imide groups is 1. The van der Waals surface area contributed by atoms with Crippen LogP contribution in [0.1, 0.15) is 32.3 Å². The quantitative estimate of drug-likeness (QED) is 0.530. The largest absolute Gasteiger partial charge is 0.447 e. The summed E-state index contributed by atoms with van der Waals surface area (Å²) in [6.45, 7) is 7.88. The van der Waals surface area contributed by atoms with E-state index in [9.17, 15) is 14.7 Å². The number of ether oxygens (including phenoxy) is 1. The van der Waals surface area contributed by atoms with Crippen LogP contribution in [0, 0.1) is 11.8 Å². The van der Waals surface area contributed by atoms with E-state index in [4.69, 9.17) is 4.74 Å². The highest BCUT2D eigenvalue weighted by atomic mass is 16.6. The van der Waals surface area contributed by atoms with Crippen molar-refractivity contribution in [3.05, 3.63) is 60.7 Å². The van der Waals surface area contributed by atoms with Gasteiger partial charge in [0, 0.05) is 0 Å². The van der Waals surface area contributed by atoms with Crippen molar-refractivity contribution in [2.24, 2.45) is 11.8 Å². The molecule has 1 aliphatic rings. The lowest BCUT2D eigenvalue weighted by Gasteiger charge is -2.20. The molecule has 0 aromatic heterocycles. The summed E-state index contributed by atoms with van der Waals surface area (Å²) in [7, 11) is 0. The molecule has 0 aliphatic carbocycles. The maximum atomic E-state index is 12.6. The zero-order chi connectivity index (χ0) is 19.8. The van der Waals surface area contributed by atoms with Crippen molar-refractivity contribution in [1.82, 2.24) is 4.90 Å². The summed E-state index contributed by atoms with van der Waals surface area (Å²) in [4.78, 5) is 25.8. The van der Waals surface area contributed by atoms with E-state index in [1.807, 2.05) is 44.2 Å². The van der Waals surface area contributed by atoms with Gasteiger partial charge in [-0.3, -0.25) is 4.79 Å². The Kier molecular flexibility index (Phi) is 7.80. The van der Waals surface area contributed by atoms with Crippen LogP contribution in [0.15, 0.2) is 55.1 Å². The average molecular weight is 371 g/mol. The minimum atomic E-state index is -0.590. The first-order valence-corrected chi connectivity index (χ1v) is 9.43. The first kappa shape index (κ1) is 20.9. The molecule has 1 N–H and O–H groups in total. The summed E-state index contributed by atoms with van der Waals surface area (Å²) < 4.78 is 5.10. The molecule has 0 radical (unpaired) electrons. The molecule has 0 unspecified atom stereocenters. The van der Waals surface area contributed by atoms with Crippen LogP contribution in [0.2, 0.25) is 0 Å². The van der Waals surface area contributed by atoms with E-state index >= 15 is 0 Å². The van der Waals surface area contributed by atoms with E-state index in [2.05, 4.69) is 6.58 Å². The van der Waals surface area contributed by atoms with Gasteiger partial charge in [0.1, 0.15) is 6.61 Å². The standard InChI is InChI=1S/C22H29NO4/c1-4-8-20(24)13-17(3)16(2)11-12-21(25)23-19(15-27-22(23)26)14-18-9-6-5-7-10-18/h4-7,9-12,16-17,19-20,24H,1,8,13-15H2,2-3H3/b12-11+/t16-,17-,19+,20+/m1/s1. The Hall–Kier alpha value is -2.40. The Morgan fingerprint density at radius 1 is 1.37 bits per heavy atom. The third-order valence-corrected chi connectivity index (χ3v) is 5.04. The molecule has 2 amide bonds. The maximum absolute atomic E-state index is 12.6. The van der Waals surface area contributed by atoms with Crippen molar-refractivity contribution in [3.63, 3.8) is 0 Å². The Bertz CT molecular complexity index is 670. The van der Waals surface area contributed by atoms with Crippen LogP contribution in [0.5, 0.6) is 0 Å². The van der Waals surface area contributed by atoms with Gasteiger partial charge >= 0.3 is 6.09 Å². The molecule has 27 heavy (non-hydrogen) atoms. The lowest BCUT2D eigenvalue weighted by Crippen LogP contribution is -2.39. The molecule has 0 spiro atoms. The number of amides is 2. The zero-order valence-corrected chi connectivity index (χ0v) is 16.1. The van der Waals surface area contributed by atoms with Crippen molar-refractivity contribution >= 4 is 12.0 Å². The van der Waals surface area contributed by atoms with Crippen LogP contribution in [0.4, 0.5) is 4.79 Å². The van der Waals surface area contributed by atoms with E-state index in [1.165, 1.54) is 11.0 Å². The first-order chi connectivity index (χ1) is 12.9. The van der Waals surface area contributed by atoms with Crippen LogP contribution in [0.25, 0.3) is 0 Å². The molecule has 0 saturated carbocycles. The molecular weight excluding hydrogens is 342 g/mol. The SMILES string of the molecule is C=CC[C@H](O)C[C@@H](C)[C@H](C)/C=C/C(=O)N1C(=O)OC[C@@H]1Cc1ccccc1. The first-order valence-electron chi connectivity index (χ1n) is 9.43. The van der Waals surface area contributed by atoms with Crippen LogP contribution >= 0.6 is 0 Å². The van der Waals surface area contributed by atoms with Gasteiger partial charge in [0.2, 0.25) is 0 Å². The summed E-state index contributed by atoms with van der Waals surface area (Å²) in [5, 5.41) is 9.90. The number of allylic oxidation sites excluding steroid dienone is 1. The smallest absolute Gasteiger partial charge is 0.417 e. The van der Waals surface area contributed by atoms with E-state index in [0.29, 0.717) is 19.3 Å². The summed E-state index contributed by atoms with van der Waals surface area (Å²) in [5.74, 6) is -0.0571. The summed E-state index contributed by atoms with van der Waals surface area (Å²) in [5.41, 5.74) is 1.06. The van der Waals surface area contributed by atoms with Gasteiger partial charge < -0.3 is 9.84 Å². The van der Waals surface area contributed by atoms with Gasteiger partial charge in [-0.15, -0.1) is 6.58 Å². The number of hydrogen-bond donors (Lipinski definition) is 1. The third-order valence-electron chi connectivity index (χ3n) is 5.04. The summed E-state index contributed by atoms with van der Waals surface area (Å²) in [6.07, 6.45) is 5.71. The molecule has 0 bridgehead atoms. The van der Waals surface area contributed by atoms with Crippen molar-refractivity contribution in [1.29, 1.82) is 0 Å². The second-order valence-corrected chi connectivity index (χ2v) is 7.24. The van der Waals surface area contributed by atoms with Gasteiger partial charge in [0.05, 0.1) is 12.1 Å².